The SMILES string of the molecule is O=S(=O)(Cl)c1cc(Br)c(OCC(F)(F)F)cc1F. The van der Waals surface area contributed by atoms with E-state index in [1.54, 1.807) is 0 Å². The molecule has 0 N–H and O–H groups in total. The van der Waals surface area contributed by atoms with Gasteiger partial charge in [0.25, 0.3) is 9.05 Å². The molecular formula is C8H4BrClF4O3S. The van der Waals surface area contributed by atoms with Gasteiger partial charge in [0.05, 0.1) is 4.47 Å². The zero-order chi connectivity index (χ0) is 14.1. The van der Waals surface area contributed by atoms with Crippen LogP contribution in [0.15, 0.2) is 21.5 Å². The van der Waals surface area contributed by atoms with Crippen LogP contribution in [-0.4, -0.2) is 21.2 Å². The van der Waals surface area contributed by atoms with Crippen molar-refractivity contribution in [3.63, 3.8) is 0 Å². The van der Waals surface area contributed by atoms with Crippen LogP contribution in [0.2, 0.25) is 0 Å². The Bertz CT molecular complexity index is 558. The zero-order valence-electron chi connectivity index (χ0n) is 8.26. The molecule has 0 amide bonds. The van der Waals surface area contributed by atoms with Crippen LogP contribution in [0, 0.1) is 5.82 Å². The van der Waals surface area contributed by atoms with Gasteiger partial charge in [0.15, 0.2) is 6.61 Å². The third-order valence-electron chi connectivity index (χ3n) is 1.64. The lowest BCUT2D eigenvalue weighted by molar-refractivity contribution is -0.153. The van der Waals surface area contributed by atoms with Gasteiger partial charge in [-0.15, -0.1) is 0 Å². The van der Waals surface area contributed by atoms with Crippen molar-refractivity contribution < 1.29 is 30.7 Å². The monoisotopic (exact) mass is 370 g/mol. The van der Waals surface area contributed by atoms with Crippen molar-refractivity contribution in [3.05, 3.63) is 22.4 Å². The molecule has 0 spiro atoms. The van der Waals surface area contributed by atoms with E-state index in [2.05, 4.69) is 20.7 Å². The van der Waals surface area contributed by atoms with E-state index in [1.807, 2.05) is 0 Å². The molecule has 1 aromatic rings. The smallest absolute Gasteiger partial charge is 0.422 e. The molecule has 0 aromatic heterocycles. The number of hydrogen-bond donors (Lipinski definition) is 0. The van der Waals surface area contributed by atoms with Crippen LogP contribution in [0.1, 0.15) is 0 Å². The Morgan fingerprint density at radius 3 is 2.33 bits per heavy atom. The third kappa shape index (κ3) is 4.29. The van der Waals surface area contributed by atoms with Gasteiger partial charge in [0.1, 0.15) is 16.5 Å². The van der Waals surface area contributed by atoms with E-state index in [9.17, 15) is 26.0 Å². The van der Waals surface area contributed by atoms with E-state index >= 15 is 0 Å². The highest BCUT2D eigenvalue weighted by atomic mass is 79.9. The van der Waals surface area contributed by atoms with E-state index in [1.165, 1.54) is 0 Å². The molecule has 0 aliphatic rings. The van der Waals surface area contributed by atoms with Crippen molar-refractivity contribution in [1.82, 2.24) is 0 Å². The summed E-state index contributed by atoms with van der Waals surface area (Å²) in [7, 11) is 0.602. The van der Waals surface area contributed by atoms with Crippen molar-refractivity contribution in [2.45, 2.75) is 11.1 Å². The van der Waals surface area contributed by atoms with Crippen molar-refractivity contribution in [3.8, 4) is 5.75 Å². The maximum Gasteiger partial charge on any atom is 0.422 e. The van der Waals surface area contributed by atoms with Crippen LogP contribution in [0.3, 0.4) is 0 Å². The molecular weight excluding hydrogens is 368 g/mol. The van der Waals surface area contributed by atoms with Crippen LogP contribution in [0.25, 0.3) is 0 Å². The Hall–Kier alpha value is -0.540. The molecule has 18 heavy (non-hydrogen) atoms. The minimum atomic E-state index is -4.59. The lowest BCUT2D eigenvalue weighted by Gasteiger charge is -2.11. The van der Waals surface area contributed by atoms with Gasteiger partial charge >= 0.3 is 6.18 Å². The van der Waals surface area contributed by atoms with Crippen LogP contribution in [0.4, 0.5) is 17.6 Å². The summed E-state index contributed by atoms with van der Waals surface area (Å²) in [5, 5.41) is 0. The molecule has 0 fully saturated rings. The summed E-state index contributed by atoms with van der Waals surface area (Å²) in [6.07, 6.45) is -4.59. The molecule has 0 saturated heterocycles. The Morgan fingerprint density at radius 1 is 1.33 bits per heavy atom. The maximum atomic E-state index is 13.3. The van der Waals surface area contributed by atoms with Crippen molar-refractivity contribution in [1.29, 1.82) is 0 Å². The molecule has 0 saturated carbocycles. The van der Waals surface area contributed by atoms with E-state index in [0.29, 0.717) is 6.07 Å². The first-order valence-electron chi connectivity index (χ1n) is 4.14. The molecule has 0 unspecified atom stereocenters. The summed E-state index contributed by atoms with van der Waals surface area (Å²) in [6, 6.07) is 1.23. The van der Waals surface area contributed by atoms with E-state index in [-0.39, 0.29) is 4.47 Å². The molecule has 10 heteroatoms. The normalized spacial score (nSPS) is 12.6. The van der Waals surface area contributed by atoms with Gasteiger partial charge in [-0.2, -0.15) is 13.2 Å². The molecule has 0 aliphatic carbocycles. The summed E-state index contributed by atoms with van der Waals surface area (Å²) in [6.45, 7) is -1.63. The Morgan fingerprint density at radius 2 is 1.89 bits per heavy atom. The predicted molar refractivity (Wildman–Crippen MR) is 58.7 cm³/mol. The number of halogens is 6. The van der Waals surface area contributed by atoms with Crippen LogP contribution >= 0.6 is 26.6 Å². The predicted octanol–water partition coefficient (Wildman–Crippen LogP) is 3.46. The second-order valence-corrected chi connectivity index (χ2v) is 6.44. The first kappa shape index (κ1) is 15.5. The van der Waals surface area contributed by atoms with Crippen LogP contribution < -0.4 is 4.74 Å². The van der Waals surface area contributed by atoms with Gasteiger partial charge in [0.2, 0.25) is 0 Å². The van der Waals surface area contributed by atoms with Crippen molar-refractivity contribution >= 4 is 35.7 Å². The average molecular weight is 372 g/mol. The first-order valence-corrected chi connectivity index (χ1v) is 7.24. The highest BCUT2D eigenvalue weighted by molar-refractivity contribution is 9.10. The van der Waals surface area contributed by atoms with Crippen molar-refractivity contribution in [2.75, 3.05) is 6.61 Å². The highest BCUT2D eigenvalue weighted by Gasteiger charge is 2.29. The Balaban J connectivity index is 3.09. The molecule has 1 aromatic carbocycles. The fourth-order valence-electron chi connectivity index (χ4n) is 0.967. The number of alkyl halides is 3. The van der Waals surface area contributed by atoms with E-state index in [4.69, 9.17) is 10.7 Å². The summed E-state index contributed by atoms with van der Waals surface area (Å²) < 4.78 is 74.9. The molecule has 0 aliphatic heterocycles. The Labute approximate surface area is 112 Å². The van der Waals surface area contributed by atoms with Gasteiger partial charge < -0.3 is 4.74 Å². The van der Waals surface area contributed by atoms with Crippen LogP contribution in [0.5, 0.6) is 5.75 Å². The molecule has 0 heterocycles. The second kappa shape index (κ2) is 5.22. The number of rotatable bonds is 3. The molecule has 0 atom stereocenters. The molecule has 0 radical (unpaired) electrons. The third-order valence-corrected chi connectivity index (χ3v) is 3.60. The lowest BCUT2D eigenvalue weighted by atomic mass is 10.3. The van der Waals surface area contributed by atoms with Gasteiger partial charge in [-0.25, -0.2) is 12.8 Å². The molecule has 3 nitrogen and oxygen atoms in total. The van der Waals surface area contributed by atoms with Crippen LogP contribution in [-0.2, 0) is 9.05 Å². The van der Waals surface area contributed by atoms with Gasteiger partial charge in [0, 0.05) is 16.7 Å². The molecule has 102 valence electrons. The standard InChI is InChI=1S/C8H4BrClF4O3S/c9-4-1-7(18(10,15)16)5(11)2-6(4)17-3-8(12,13)14/h1-2H,3H2. The number of ether oxygens (including phenoxy) is 1. The minimum absolute atomic E-state index is 0.160. The fourth-order valence-corrected chi connectivity index (χ4v) is 2.48. The van der Waals surface area contributed by atoms with Gasteiger partial charge in [-0.05, 0) is 22.0 Å². The zero-order valence-corrected chi connectivity index (χ0v) is 11.4. The fraction of sp³-hybridized carbons (Fsp3) is 0.250. The van der Waals surface area contributed by atoms with E-state index < -0.39 is 38.3 Å². The second-order valence-electron chi connectivity index (χ2n) is 3.05. The topological polar surface area (TPSA) is 43.4 Å². The van der Waals surface area contributed by atoms with E-state index in [0.717, 1.165) is 6.07 Å². The highest BCUT2D eigenvalue weighted by Crippen LogP contribution is 2.32. The minimum Gasteiger partial charge on any atom is -0.483 e. The first-order chi connectivity index (χ1) is 8.00. The summed E-state index contributed by atoms with van der Waals surface area (Å²) >= 11 is 2.76. The lowest BCUT2D eigenvalue weighted by Crippen LogP contribution is -2.19. The quantitative estimate of drug-likeness (QED) is 0.604. The van der Waals surface area contributed by atoms with Gasteiger partial charge in [-0.1, -0.05) is 0 Å². The number of hydrogen-bond acceptors (Lipinski definition) is 3. The average Bonchev–Trinajstić information content (AvgIpc) is 2.15. The van der Waals surface area contributed by atoms with Gasteiger partial charge in [-0.3, -0.25) is 0 Å². The summed E-state index contributed by atoms with van der Waals surface area (Å²) in [4.78, 5) is -0.851. The Kier molecular flexibility index (Phi) is 4.50. The largest absolute Gasteiger partial charge is 0.483 e. The summed E-state index contributed by atoms with van der Waals surface area (Å²) in [5.41, 5.74) is 0. The summed E-state index contributed by atoms with van der Waals surface area (Å²) in [5.74, 6) is -1.78. The molecule has 1 rings (SSSR count). The number of benzene rings is 1. The molecule has 0 bridgehead atoms. The van der Waals surface area contributed by atoms with Crippen molar-refractivity contribution in [2.24, 2.45) is 0 Å². The maximum absolute atomic E-state index is 13.3.